The topological polar surface area (TPSA) is 101 Å². The van der Waals surface area contributed by atoms with Gasteiger partial charge in [0.2, 0.25) is 0 Å². The maximum atomic E-state index is 11.4. The Kier molecular flexibility index (Phi) is 3.41. The van der Waals surface area contributed by atoms with Gasteiger partial charge in [0.05, 0.1) is 0 Å². The number of phenolic OH excluding ortho intramolecular Hbond substituents is 1. The van der Waals surface area contributed by atoms with Crippen LogP contribution in [0.2, 0.25) is 0 Å². The zero-order chi connectivity index (χ0) is 11.4. The van der Waals surface area contributed by atoms with E-state index >= 15 is 0 Å². The molecule has 4 N–H and O–H groups in total. The number of rotatable bonds is 4. The van der Waals surface area contributed by atoms with Crippen LogP contribution in [0.5, 0.6) is 5.75 Å². The molecular weight excluding hydrogens is 198 g/mol. The molecule has 0 fully saturated rings. The zero-order valence-electron chi connectivity index (χ0n) is 7.88. The molecule has 0 aromatic heterocycles. The first-order valence-corrected chi connectivity index (χ1v) is 4.31. The number of carbonyl (C=O) groups is 2. The Hall–Kier alpha value is -1.88. The van der Waals surface area contributed by atoms with Crippen molar-refractivity contribution in [2.45, 2.75) is 12.5 Å². The fourth-order valence-electron chi connectivity index (χ4n) is 1.05. The molecular formula is C10H11NO4. The molecule has 0 spiro atoms. The summed E-state index contributed by atoms with van der Waals surface area (Å²) in [6, 6.07) is 4.38. The summed E-state index contributed by atoms with van der Waals surface area (Å²) in [4.78, 5) is 21.8. The average molecular weight is 209 g/mol. The maximum Gasteiger partial charge on any atom is 0.320 e. The minimum atomic E-state index is -1.21. The number of hydrogen-bond donors (Lipinski definition) is 3. The first kappa shape index (κ1) is 11.2. The van der Waals surface area contributed by atoms with E-state index in [4.69, 9.17) is 15.9 Å². The summed E-state index contributed by atoms with van der Waals surface area (Å²) in [6.07, 6.45) is -0.250. The van der Waals surface area contributed by atoms with Gasteiger partial charge in [-0.05, 0) is 24.3 Å². The molecule has 0 bridgehead atoms. The van der Waals surface area contributed by atoms with Gasteiger partial charge in [0.15, 0.2) is 5.78 Å². The lowest BCUT2D eigenvalue weighted by atomic mass is 10.0. The van der Waals surface area contributed by atoms with E-state index in [0.29, 0.717) is 5.56 Å². The minimum Gasteiger partial charge on any atom is -0.508 e. The third-order valence-electron chi connectivity index (χ3n) is 1.91. The van der Waals surface area contributed by atoms with Gasteiger partial charge in [-0.2, -0.15) is 0 Å². The summed E-state index contributed by atoms with van der Waals surface area (Å²) in [5, 5.41) is 17.5. The molecule has 5 nitrogen and oxygen atoms in total. The first-order valence-electron chi connectivity index (χ1n) is 4.31. The minimum absolute atomic E-state index is 0.0501. The van der Waals surface area contributed by atoms with E-state index in [9.17, 15) is 9.59 Å². The standard InChI is InChI=1S/C10H11NO4/c11-8(10(14)15)5-9(13)6-1-3-7(12)4-2-6/h1-4,8,12H,5,11H2,(H,14,15)/t8-/m0/s1. The molecule has 15 heavy (non-hydrogen) atoms. The number of carbonyl (C=O) groups excluding carboxylic acids is 1. The predicted molar refractivity (Wildman–Crippen MR) is 52.7 cm³/mol. The largest absolute Gasteiger partial charge is 0.508 e. The molecule has 0 amide bonds. The number of carboxylic acids is 1. The number of aliphatic carboxylic acids is 1. The van der Waals surface area contributed by atoms with Gasteiger partial charge in [-0.1, -0.05) is 0 Å². The predicted octanol–water partition coefficient (Wildman–Crippen LogP) is 0.377. The van der Waals surface area contributed by atoms with Crippen LogP contribution in [0, 0.1) is 0 Å². The van der Waals surface area contributed by atoms with Crippen LogP contribution in [0.4, 0.5) is 0 Å². The lowest BCUT2D eigenvalue weighted by Crippen LogP contribution is -2.32. The Morgan fingerprint density at radius 2 is 1.80 bits per heavy atom. The third kappa shape index (κ3) is 3.07. The fourth-order valence-corrected chi connectivity index (χ4v) is 1.05. The van der Waals surface area contributed by atoms with Gasteiger partial charge in [0.25, 0.3) is 0 Å². The van der Waals surface area contributed by atoms with Crippen LogP contribution in [0.3, 0.4) is 0 Å². The Morgan fingerprint density at radius 3 is 2.27 bits per heavy atom. The van der Waals surface area contributed by atoms with Crippen molar-refractivity contribution in [3.05, 3.63) is 29.8 Å². The highest BCUT2D eigenvalue weighted by molar-refractivity contribution is 5.98. The number of carboxylic acid groups (broad SMARTS) is 1. The van der Waals surface area contributed by atoms with Gasteiger partial charge in [0.1, 0.15) is 11.8 Å². The number of phenols is 1. The van der Waals surface area contributed by atoms with Crippen LogP contribution < -0.4 is 5.73 Å². The van der Waals surface area contributed by atoms with Crippen molar-refractivity contribution in [3.63, 3.8) is 0 Å². The average Bonchev–Trinajstić information content (AvgIpc) is 2.18. The number of nitrogens with two attached hydrogens (primary N) is 1. The van der Waals surface area contributed by atoms with Gasteiger partial charge >= 0.3 is 5.97 Å². The number of benzene rings is 1. The third-order valence-corrected chi connectivity index (χ3v) is 1.91. The second-order valence-electron chi connectivity index (χ2n) is 3.12. The molecule has 80 valence electrons. The monoisotopic (exact) mass is 209 g/mol. The number of Topliss-reactive ketones (excluding diaryl/α,β-unsaturated/α-hetero) is 1. The molecule has 0 saturated heterocycles. The molecule has 0 aliphatic rings. The van der Waals surface area contributed by atoms with Crippen LogP contribution in [0.1, 0.15) is 16.8 Å². The van der Waals surface area contributed by atoms with Gasteiger partial charge in [0, 0.05) is 12.0 Å². The Labute approximate surface area is 86.1 Å². The van der Waals surface area contributed by atoms with Crippen LogP contribution in [-0.4, -0.2) is 28.0 Å². The molecule has 5 heteroatoms. The highest BCUT2D eigenvalue weighted by atomic mass is 16.4. The van der Waals surface area contributed by atoms with Gasteiger partial charge in [-0.3, -0.25) is 9.59 Å². The van der Waals surface area contributed by atoms with E-state index in [1.165, 1.54) is 24.3 Å². The molecule has 0 aliphatic heterocycles. The molecule has 0 heterocycles. The summed E-state index contributed by atoms with van der Waals surface area (Å²) in [6.45, 7) is 0. The van der Waals surface area contributed by atoms with Crippen molar-refractivity contribution in [2.75, 3.05) is 0 Å². The molecule has 0 radical (unpaired) electrons. The molecule has 0 aliphatic carbocycles. The molecule has 1 aromatic rings. The normalized spacial score (nSPS) is 12.1. The molecule has 0 saturated carbocycles. The van der Waals surface area contributed by atoms with E-state index in [1.807, 2.05) is 0 Å². The Morgan fingerprint density at radius 1 is 1.27 bits per heavy atom. The molecule has 1 rings (SSSR count). The Balaban J connectivity index is 2.69. The van der Waals surface area contributed by atoms with Gasteiger partial charge in [-0.15, -0.1) is 0 Å². The lowest BCUT2D eigenvalue weighted by molar-refractivity contribution is -0.138. The van der Waals surface area contributed by atoms with Crippen molar-refractivity contribution < 1.29 is 19.8 Å². The molecule has 1 aromatic carbocycles. The fraction of sp³-hybridized carbons (Fsp3) is 0.200. The van der Waals surface area contributed by atoms with Crippen LogP contribution in [0.15, 0.2) is 24.3 Å². The smallest absolute Gasteiger partial charge is 0.320 e. The van der Waals surface area contributed by atoms with Crippen molar-refractivity contribution in [1.29, 1.82) is 0 Å². The highest BCUT2D eigenvalue weighted by Crippen LogP contribution is 2.11. The lowest BCUT2D eigenvalue weighted by Gasteiger charge is -2.05. The zero-order valence-corrected chi connectivity index (χ0v) is 7.88. The van der Waals surface area contributed by atoms with Crippen LogP contribution in [-0.2, 0) is 4.79 Å². The second-order valence-corrected chi connectivity index (χ2v) is 3.12. The van der Waals surface area contributed by atoms with Gasteiger partial charge in [-0.25, -0.2) is 0 Å². The second kappa shape index (κ2) is 4.56. The number of aromatic hydroxyl groups is 1. The highest BCUT2D eigenvalue weighted by Gasteiger charge is 2.17. The van der Waals surface area contributed by atoms with E-state index in [0.717, 1.165) is 0 Å². The van der Waals surface area contributed by atoms with Crippen molar-refractivity contribution in [1.82, 2.24) is 0 Å². The maximum absolute atomic E-state index is 11.4. The summed E-state index contributed by atoms with van der Waals surface area (Å²) in [5.74, 6) is -1.51. The summed E-state index contributed by atoms with van der Waals surface area (Å²) < 4.78 is 0. The molecule has 1 atom stereocenters. The van der Waals surface area contributed by atoms with Crippen molar-refractivity contribution >= 4 is 11.8 Å². The first-order chi connectivity index (χ1) is 7.00. The van der Waals surface area contributed by atoms with Crippen LogP contribution in [0.25, 0.3) is 0 Å². The van der Waals surface area contributed by atoms with Crippen molar-refractivity contribution in [2.24, 2.45) is 5.73 Å². The quantitative estimate of drug-likeness (QED) is 0.622. The van der Waals surface area contributed by atoms with Gasteiger partial charge < -0.3 is 15.9 Å². The SMILES string of the molecule is N[C@@H](CC(=O)c1ccc(O)cc1)C(=O)O. The number of ketones is 1. The Bertz CT molecular complexity index is 372. The van der Waals surface area contributed by atoms with E-state index in [2.05, 4.69) is 0 Å². The van der Waals surface area contributed by atoms with E-state index in [1.54, 1.807) is 0 Å². The van der Waals surface area contributed by atoms with Crippen molar-refractivity contribution in [3.8, 4) is 5.75 Å². The van der Waals surface area contributed by atoms with E-state index in [-0.39, 0.29) is 18.0 Å². The van der Waals surface area contributed by atoms with Crippen LogP contribution >= 0.6 is 0 Å². The summed E-state index contributed by atoms with van der Waals surface area (Å²) in [7, 11) is 0. The summed E-state index contributed by atoms with van der Waals surface area (Å²) >= 11 is 0. The number of hydrogen-bond acceptors (Lipinski definition) is 4. The summed E-state index contributed by atoms with van der Waals surface area (Å²) in [5.41, 5.74) is 5.55. The van der Waals surface area contributed by atoms with E-state index < -0.39 is 12.0 Å². The molecule has 0 unspecified atom stereocenters.